The van der Waals surface area contributed by atoms with Crippen molar-refractivity contribution >= 4 is 5.97 Å². The lowest BCUT2D eigenvalue weighted by Gasteiger charge is -2.46. The molecule has 1 aliphatic rings. The van der Waals surface area contributed by atoms with Crippen LogP contribution in [0, 0.1) is 11.3 Å². The SMILES string of the molecule is COC(=O)C1(NCCCN=[N+]=[N-])CCC(C)(C)CC1C. The molecule has 0 amide bonds. The number of azide groups is 1. The second-order valence-corrected chi connectivity index (χ2v) is 6.47. The van der Waals surface area contributed by atoms with E-state index in [0.29, 0.717) is 13.1 Å². The Labute approximate surface area is 120 Å². The number of esters is 1. The van der Waals surface area contributed by atoms with Crippen LogP contribution < -0.4 is 5.32 Å². The molecule has 1 N–H and O–H groups in total. The number of methoxy groups -OCH3 is 1. The molecule has 114 valence electrons. The first-order valence-electron chi connectivity index (χ1n) is 7.22. The lowest BCUT2D eigenvalue weighted by atomic mass is 9.63. The average molecular weight is 282 g/mol. The lowest BCUT2D eigenvalue weighted by molar-refractivity contribution is -0.154. The molecule has 6 heteroatoms. The van der Waals surface area contributed by atoms with Crippen molar-refractivity contribution in [3.63, 3.8) is 0 Å². The summed E-state index contributed by atoms with van der Waals surface area (Å²) in [5, 5.41) is 6.88. The van der Waals surface area contributed by atoms with Crippen molar-refractivity contribution in [2.75, 3.05) is 20.2 Å². The third-order valence-electron chi connectivity index (χ3n) is 4.38. The summed E-state index contributed by atoms with van der Waals surface area (Å²) >= 11 is 0. The van der Waals surface area contributed by atoms with Crippen molar-refractivity contribution in [2.24, 2.45) is 16.4 Å². The van der Waals surface area contributed by atoms with Gasteiger partial charge in [0.05, 0.1) is 7.11 Å². The number of nitrogens with zero attached hydrogens (tertiary/aromatic N) is 3. The summed E-state index contributed by atoms with van der Waals surface area (Å²) in [6.45, 7) is 7.69. The quantitative estimate of drug-likeness (QED) is 0.267. The van der Waals surface area contributed by atoms with Gasteiger partial charge in [0.2, 0.25) is 0 Å². The van der Waals surface area contributed by atoms with E-state index in [1.54, 1.807) is 0 Å². The van der Waals surface area contributed by atoms with Crippen molar-refractivity contribution in [1.82, 2.24) is 5.32 Å². The van der Waals surface area contributed by atoms with Gasteiger partial charge >= 0.3 is 5.97 Å². The van der Waals surface area contributed by atoms with Crippen molar-refractivity contribution in [3.05, 3.63) is 10.4 Å². The Morgan fingerprint density at radius 1 is 1.50 bits per heavy atom. The van der Waals surface area contributed by atoms with Crippen LogP contribution in [0.3, 0.4) is 0 Å². The van der Waals surface area contributed by atoms with Gasteiger partial charge in [0, 0.05) is 11.5 Å². The fraction of sp³-hybridized carbons (Fsp3) is 0.929. The van der Waals surface area contributed by atoms with Gasteiger partial charge in [-0.3, -0.25) is 4.79 Å². The zero-order valence-electron chi connectivity index (χ0n) is 13.0. The van der Waals surface area contributed by atoms with Crippen molar-refractivity contribution in [1.29, 1.82) is 0 Å². The third-order valence-corrected chi connectivity index (χ3v) is 4.38. The van der Waals surface area contributed by atoms with Gasteiger partial charge in [-0.15, -0.1) is 0 Å². The molecular weight excluding hydrogens is 256 g/mol. The predicted molar refractivity (Wildman–Crippen MR) is 78.2 cm³/mol. The van der Waals surface area contributed by atoms with E-state index in [1.807, 2.05) is 0 Å². The summed E-state index contributed by atoms with van der Waals surface area (Å²) in [6, 6.07) is 0. The molecule has 0 spiro atoms. The molecule has 0 aromatic carbocycles. The molecule has 2 unspecified atom stereocenters. The molecule has 0 aromatic heterocycles. The van der Waals surface area contributed by atoms with Crippen LogP contribution in [0.1, 0.15) is 46.5 Å². The number of carbonyl (C=O) groups excluding carboxylic acids is 1. The molecular formula is C14H26N4O2. The van der Waals surface area contributed by atoms with Crippen molar-refractivity contribution in [3.8, 4) is 0 Å². The zero-order chi connectivity index (χ0) is 15.2. The van der Waals surface area contributed by atoms with E-state index < -0.39 is 5.54 Å². The molecule has 6 nitrogen and oxygen atoms in total. The Balaban J connectivity index is 2.72. The van der Waals surface area contributed by atoms with E-state index in [9.17, 15) is 4.79 Å². The molecule has 0 aromatic rings. The molecule has 0 bridgehead atoms. The molecule has 0 aliphatic heterocycles. The molecule has 1 fully saturated rings. The average Bonchev–Trinajstić information content (AvgIpc) is 2.39. The van der Waals surface area contributed by atoms with Gasteiger partial charge in [-0.25, -0.2) is 0 Å². The van der Waals surface area contributed by atoms with E-state index >= 15 is 0 Å². The minimum atomic E-state index is -0.597. The van der Waals surface area contributed by atoms with Gasteiger partial charge < -0.3 is 10.1 Å². The van der Waals surface area contributed by atoms with Gasteiger partial charge in [-0.2, -0.15) is 0 Å². The fourth-order valence-electron chi connectivity index (χ4n) is 3.21. The molecule has 0 radical (unpaired) electrons. The van der Waals surface area contributed by atoms with Crippen molar-refractivity contribution in [2.45, 2.75) is 52.0 Å². The summed E-state index contributed by atoms with van der Waals surface area (Å²) in [4.78, 5) is 15.0. The summed E-state index contributed by atoms with van der Waals surface area (Å²) in [6.07, 6.45) is 3.50. The molecule has 20 heavy (non-hydrogen) atoms. The monoisotopic (exact) mass is 282 g/mol. The molecule has 1 saturated carbocycles. The highest BCUT2D eigenvalue weighted by atomic mass is 16.5. The molecule has 1 rings (SSSR count). The minimum Gasteiger partial charge on any atom is -0.468 e. The van der Waals surface area contributed by atoms with Crippen LogP contribution in [0.15, 0.2) is 5.11 Å². The Morgan fingerprint density at radius 3 is 2.75 bits per heavy atom. The standard InChI is InChI=1S/C14H26N4O2/c1-11-10-13(2,3)6-7-14(11,12(19)20-4)16-8-5-9-17-18-15/h11,16H,5-10H2,1-4H3. The number of hydrogen-bond acceptors (Lipinski definition) is 4. The van der Waals surface area contributed by atoms with Crippen LogP contribution in [-0.2, 0) is 9.53 Å². The maximum Gasteiger partial charge on any atom is 0.326 e. The van der Waals surface area contributed by atoms with E-state index in [0.717, 1.165) is 25.7 Å². The van der Waals surface area contributed by atoms with Crippen LogP contribution >= 0.6 is 0 Å². The maximum absolute atomic E-state index is 12.3. The van der Waals surface area contributed by atoms with Crippen LogP contribution in [-0.4, -0.2) is 31.7 Å². The summed E-state index contributed by atoms with van der Waals surface area (Å²) in [5.41, 5.74) is 7.93. The zero-order valence-corrected chi connectivity index (χ0v) is 13.0. The van der Waals surface area contributed by atoms with E-state index in [4.69, 9.17) is 10.3 Å². The smallest absolute Gasteiger partial charge is 0.326 e. The number of carbonyl (C=O) groups is 1. The Hall–Kier alpha value is -1.26. The topological polar surface area (TPSA) is 87.1 Å². The number of hydrogen-bond donors (Lipinski definition) is 1. The van der Waals surface area contributed by atoms with Gasteiger partial charge in [0.25, 0.3) is 0 Å². The highest BCUT2D eigenvalue weighted by molar-refractivity contribution is 5.81. The Bertz CT molecular complexity index is 391. The summed E-state index contributed by atoms with van der Waals surface area (Å²) in [5.74, 6) is 0.0439. The maximum atomic E-state index is 12.3. The fourth-order valence-corrected chi connectivity index (χ4v) is 3.21. The summed E-state index contributed by atoms with van der Waals surface area (Å²) < 4.78 is 5.03. The number of ether oxygens (including phenoxy) is 1. The Morgan fingerprint density at radius 2 is 2.20 bits per heavy atom. The van der Waals surface area contributed by atoms with Crippen LogP contribution in [0.25, 0.3) is 10.4 Å². The first kappa shape index (κ1) is 16.8. The lowest BCUT2D eigenvalue weighted by Crippen LogP contribution is -2.60. The number of rotatable bonds is 6. The highest BCUT2D eigenvalue weighted by Gasteiger charge is 2.49. The largest absolute Gasteiger partial charge is 0.468 e. The van der Waals surface area contributed by atoms with E-state index in [-0.39, 0.29) is 17.3 Å². The van der Waals surface area contributed by atoms with E-state index in [1.165, 1.54) is 7.11 Å². The minimum absolute atomic E-state index is 0.177. The van der Waals surface area contributed by atoms with Crippen LogP contribution in [0.4, 0.5) is 0 Å². The molecule has 1 aliphatic carbocycles. The van der Waals surface area contributed by atoms with Gasteiger partial charge in [0.15, 0.2) is 0 Å². The highest BCUT2D eigenvalue weighted by Crippen LogP contribution is 2.44. The second kappa shape index (κ2) is 6.95. The molecule has 0 saturated heterocycles. The number of nitrogens with one attached hydrogen (secondary N) is 1. The van der Waals surface area contributed by atoms with Crippen LogP contribution in [0.2, 0.25) is 0 Å². The van der Waals surface area contributed by atoms with Gasteiger partial charge in [-0.1, -0.05) is 25.9 Å². The first-order chi connectivity index (χ1) is 9.38. The van der Waals surface area contributed by atoms with Gasteiger partial charge in [-0.05, 0) is 49.1 Å². The third kappa shape index (κ3) is 3.87. The molecule has 2 atom stereocenters. The normalized spacial score (nSPS) is 28.5. The second-order valence-electron chi connectivity index (χ2n) is 6.47. The first-order valence-corrected chi connectivity index (χ1v) is 7.22. The van der Waals surface area contributed by atoms with E-state index in [2.05, 4.69) is 36.1 Å². The molecule has 0 heterocycles. The summed E-state index contributed by atoms with van der Waals surface area (Å²) in [7, 11) is 1.44. The predicted octanol–water partition coefficient (Wildman–Crippen LogP) is 3.03. The van der Waals surface area contributed by atoms with Crippen molar-refractivity contribution < 1.29 is 9.53 Å². The van der Waals surface area contributed by atoms with Crippen LogP contribution in [0.5, 0.6) is 0 Å². The van der Waals surface area contributed by atoms with Gasteiger partial charge in [0.1, 0.15) is 5.54 Å². The Kier molecular flexibility index (Phi) is 5.84.